The number of hydrogen-bond donors (Lipinski definition) is 2. The first kappa shape index (κ1) is 26.9. The summed E-state index contributed by atoms with van der Waals surface area (Å²) in [5.74, 6) is 0.230. The van der Waals surface area contributed by atoms with Gasteiger partial charge in [0.15, 0.2) is 0 Å². The molecular formula is C26H30F3N7O3. The van der Waals surface area contributed by atoms with E-state index in [-0.39, 0.29) is 41.9 Å². The largest absolute Gasteiger partial charge is 0.416 e. The molecule has 0 saturated carbocycles. The minimum atomic E-state index is -4.62. The first-order valence-corrected chi connectivity index (χ1v) is 12.8. The van der Waals surface area contributed by atoms with E-state index < -0.39 is 17.8 Å². The third-order valence-corrected chi connectivity index (χ3v) is 6.53. The SMILES string of the molecule is CC(C)OC1CN(C(=O)NCc2ccc(-c3ccnc(Nc4cnn([C@@H]5CCOC5)c4)n3)cc2C(F)(F)F)C1. The number of carbonyl (C=O) groups excluding carboxylic acids is 1. The standard InChI is InChI=1S/C26H30F3N7O3/c1-16(2)39-21-13-35(14-21)25(37)31-10-18-4-3-17(9-22(18)26(27,28)29)23-5-7-30-24(34-23)33-19-11-32-36(12-19)20-6-8-38-15-20/h3-5,7,9,11-12,16,20-21H,6,8,10,13-15H2,1-2H3,(H,31,37)(H,30,33,34)/t20-/m1/s1. The maximum absolute atomic E-state index is 14.0. The Hall–Kier alpha value is -3.71. The van der Waals surface area contributed by atoms with Crippen LogP contribution in [0.1, 0.15) is 37.4 Å². The Kier molecular flexibility index (Phi) is 7.71. The third kappa shape index (κ3) is 6.48. The van der Waals surface area contributed by atoms with E-state index in [0.717, 1.165) is 12.5 Å². The van der Waals surface area contributed by atoms with Crippen molar-refractivity contribution in [3.63, 3.8) is 0 Å². The second-order valence-corrected chi connectivity index (χ2v) is 9.86. The fourth-order valence-electron chi connectivity index (χ4n) is 4.55. The number of carbonyl (C=O) groups is 1. The molecular weight excluding hydrogens is 515 g/mol. The van der Waals surface area contributed by atoms with Crippen LogP contribution in [0.4, 0.5) is 29.6 Å². The minimum Gasteiger partial charge on any atom is -0.379 e. The molecule has 0 aliphatic carbocycles. The number of halogens is 3. The van der Waals surface area contributed by atoms with Gasteiger partial charge < -0.3 is 25.0 Å². The highest BCUT2D eigenvalue weighted by atomic mass is 19.4. The van der Waals surface area contributed by atoms with Crippen molar-refractivity contribution in [1.82, 2.24) is 30.0 Å². The van der Waals surface area contributed by atoms with Crippen molar-refractivity contribution in [1.29, 1.82) is 0 Å². The summed E-state index contributed by atoms with van der Waals surface area (Å²) in [7, 11) is 0. The predicted octanol–water partition coefficient (Wildman–Crippen LogP) is 4.38. The molecule has 3 aromatic rings. The molecule has 4 heterocycles. The van der Waals surface area contributed by atoms with Crippen LogP contribution in [0, 0.1) is 0 Å². The highest BCUT2D eigenvalue weighted by Crippen LogP contribution is 2.35. The summed E-state index contributed by atoms with van der Waals surface area (Å²) >= 11 is 0. The lowest BCUT2D eigenvalue weighted by atomic mass is 10.0. The monoisotopic (exact) mass is 545 g/mol. The van der Waals surface area contributed by atoms with Crippen LogP contribution >= 0.6 is 0 Å². The van der Waals surface area contributed by atoms with Gasteiger partial charge in [-0.3, -0.25) is 4.68 Å². The fraction of sp³-hybridized carbons (Fsp3) is 0.462. The number of benzene rings is 1. The molecule has 208 valence electrons. The zero-order valence-corrected chi connectivity index (χ0v) is 21.6. The lowest BCUT2D eigenvalue weighted by molar-refractivity contribution is -0.138. The molecule has 10 nitrogen and oxygen atoms in total. The molecule has 2 fully saturated rings. The van der Waals surface area contributed by atoms with Crippen LogP contribution in [0.15, 0.2) is 42.9 Å². The van der Waals surface area contributed by atoms with Crippen LogP contribution in [0.2, 0.25) is 0 Å². The minimum absolute atomic E-state index is 0.0363. The van der Waals surface area contributed by atoms with E-state index in [1.165, 1.54) is 17.2 Å². The van der Waals surface area contributed by atoms with Gasteiger partial charge in [0.25, 0.3) is 0 Å². The van der Waals surface area contributed by atoms with Crippen LogP contribution < -0.4 is 10.6 Å². The molecule has 1 atom stereocenters. The quantitative estimate of drug-likeness (QED) is 0.433. The lowest BCUT2D eigenvalue weighted by Gasteiger charge is -2.39. The van der Waals surface area contributed by atoms with Crippen LogP contribution in [0.3, 0.4) is 0 Å². The van der Waals surface area contributed by atoms with Crippen molar-refractivity contribution in [2.24, 2.45) is 0 Å². The van der Waals surface area contributed by atoms with Gasteiger partial charge in [-0.2, -0.15) is 18.3 Å². The Morgan fingerprint density at radius 1 is 1.26 bits per heavy atom. The second-order valence-electron chi connectivity index (χ2n) is 9.86. The predicted molar refractivity (Wildman–Crippen MR) is 136 cm³/mol. The number of anilines is 2. The summed E-state index contributed by atoms with van der Waals surface area (Å²) in [4.78, 5) is 22.5. The average molecular weight is 546 g/mol. The van der Waals surface area contributed by atoms with Crippen LogP contribution in [0.5, 0.6) is 0 Å². The van der Waals surface area contributed by atoms with E-state index in [0.29, 0.717) is 37.7 Å². The Morgan fingerprint density at radius 3 is 2.79 bits per heavy atom. The van der Waals surface area contributed by atoms with Gasteiger partial charge >= 0.3 is 12.2 Å². The molecule has 2 aliphatic rings. The number of amides is 2. The zero-order chi connectivity index (χ0) is 27.6. The first-order chi connectivity index (χ1) is 18.7. The number of aromatic nitrogens is 4. The number of nitrogens with one attached hydrogen (secondary N) is 2. The average Bonchev–Trinajstić information content (AvgIpc) is 3.56. The fourth-order valence-corrected chi connectivity index (χ4v) is 4.55. The van der Waals surface area contributed by atoms with Crippen molar-refractivity contribution >= 4 is 17.7 Å². The van der Waals surface area contributed by atoms with Crippen molar-refractivity contribution in [3.8, 4) is 11.3 Å². The maximum Gasteiger partial charge on any atom is 0.416 e. The normalized spacial score (nSPS) is 17.9. The smallest absolute Gasteiger partial charge is 0.379 e. The summed E-state index contributed by atoms with van der Waals surface area (Å²) in [6, 6.07) is 5.24. The molecule has 0 radical (unpaired) electrons. The number of likely N-dealkylation sites (tertiary alicyclic amines) is 1. The van der Waals surface area contributed by atoms with E-state index >= 15 is 0 Å². The van der Waals surface area contributed by atoms with Gasteiger partial charge in [-0.25, -0.2) is 14.8 Å². The van der Waals surface area contributed by atoms with Crippen molar-refractivity contribution < 1.29 is 27.4 Å². The van der Waals surface area contributed by atoms with Crippen LogP contribution in [-0.4, -0.2) is 69.2 Å². The zero-order valence-electron chi connectivity index (χ0n) is 21.6. The van der Waals surface area contributed by atoms with E-state index in [1.807, 2.05) is 24.7 Å². The van der Waals surface area contributed by atoms with E-state index in [4.69, 9.17) is 9.47 Å². The number of urea groups is 1. The van der Waals surface area contributed by atoms with Gasteiger partial charge in [0.1, 0.15) is 0 Å². The molecule has 2 aliphatic heterocycles. The molecule has 2 aromatic heterocycles. The molecule has 2 amide bonds. The molecule has 2 N–H and O–H groups in total. The van der Waals surface area contributed by atoms with Crippen LogP contribution in [-0.2, 0) is 22.2 Å². The second kappa shape index (κ2) is 11.2. The van der Waals surface area contributed by atoms with Gasteiger partial charge in [-0.1, -0.05) is 12.1 Å². The van der Waals surface area contributed by atoms with Crippen LogP contribution in [0.25, 0.3) is 11.3 Å². The molecule has 2 saturated heterocycles. The third-order valence-electron chi connectivity index (χ3n) is 6.53. The number of nitrogens with zero attached hydrogens (tertiary/aromatic N) is 5. The maximum atomic E-state index is 14.0. The highest BCUT2D eigenvalue weighted by molar-refractivity contribution is 5.75. The molecule has 13 heteroatoms. The van der Waals surface area contributed by atoms with Gasteiger partial charge in [0.05, 0.1) is 61.1 Å². The summed E-state index contributed by atoms with van der Waals surface area (Å²) in [5.41, 5.74) is 0.384. The number of alkyl halides is 3. The Bertz CT molecular complexity index is 1300. The van der Waals surface area contributed by atoms with Gasteiger partial charge in [0.2, 0.25) is 5.95 Å². The number of rotatable bonds is 8. The van der Waals surface area contributed by atoms with Crippen molar-refractivity contribution in [2.45, 2.75) is 51.2 Å². The van der Waals surface area contributed by atoms with Gasteiger partial charge in [-0.15, -0.1) is 0 Å². The Balaban J connectivity index is 1.26. The number of ether oxygens (including phenoxy) is 2. The molecule has 39 heavy (non-hydrogen) atoms. The van der Waals surface area contributed by atoms with Gasteiger partial charge in [-0.05, 0) is 38.0 Å². The van der Waals surface area contributed by atoms with E-state index in [9.17, 15) is 18.0 Å². The van der Waals surface area contributed by atoms with Crippen molar-refractivity contribution in [3.05, 3.63) is 54.0 Å². The summed E-state index contributed by atoms with van der Waals surface area (Å²) in [6.07, 6.45) is 1.19. The summed E-state index contributed by atoms with van der Waals surface area (Å²) < 4.78 is 54.7. The molecule has 0 bridgehead atoms. The Morgan fingerprint density at radius 2 is 2.08 bits per heavy atom. The molecule has 0 unspecified atom stereocenters. The summed E-state index contributed by atoms with van der Waals surface area (Å²) in [6.45, 7) is 5.67. The van der Waals surface area contributed by atoms with E-state index in [1.54, 1.807) is 18.3 Å². The van der Waals surface area contributed by atoms with E-state index in [2.05, 4.69) is 25.7 Å². The topological polar surface area (TPSA) is 106 Å². The molecule has 1 aromatic carbocycles. The first-order valence-electron chi connectivity index (χ1n) is 12.8. The van der Waals surface area contributed by atoms with Gasteiger partial charge in [0, 0.05) is 31.1 Å². The Labute approximate surface area is 223 Å². The summed E-state index contributed by atoms with van der Waals surface area (Å²) in [5, 5.41) is 9.98. The van der Waals surface area contributed by atoms with Crippen molar-refractivity contribution in [2.75, 3.05) is 31.6 Å². The lowest BCUT2D eigenvalue weighted by Crippen LogP contribution is -2.58. The molecule has 5 rings (SSSR count). The number of hydrogen-bond acceptors (Lipinski definition) is 7. The highest BCUT2D eigenvalue weighted by Gasteiger charge is 2.35. The molecule has 0 spiro atoms.